The number of likely N-dealkylation sites (tertiary alicyclic amines) is 1. The van der Waals surface area contributed by atoms with Gasteiger partial charge in [0, 0.05) is 6.04 Å². The molecule has 1 atom stereocenters. The van der Waals surface area contributed by atoms with Crippen molar-refractivity contribution in [1.82, 2.24) is 10.2 Å². The summed E-state index contributed by atoms with van der Waals surface area (Å²) in [6.07, 6.45) is 4.58. The van der Waals surface area contributed by atoms with E-state index in [0.717, 1.165) is 32.2 Å². The Labute approximate surface area is 103 Å². The minimum atomic E-state index is -0.260. The SMILES string of the molecule is CCC(CC)CNC1CC(=O)N(C2CC2)C1=O. The van der Waals surface area contributed by atoms with Crippen molar-refractivity contribution in [2.24, 2.45) is 5.92 Å². The van der Waals surface area contributed by atoms with Gasteiger partial charge in [-0.15, -0.1) is 0 Å². The first-order valence-corrected chi connectivity index (χ1v) is 6.76. The molecular weight excluding hydrogens is 216 g/mol. The van der Waals surface area contributed by atoms with E-state index in [9.17, 15) is 9.59 Å². The summed E-state index contributed by atoms with van der Waals surface area (Å²) in [6.45, 7) is 5.16. The van der Waals surface area contributed by atoms with Gasteiger partial charge in [0.2, 0.25) is 11.8 Å². The van der Waals surface area contributed by atoms with E-state index in [2.05, 4.69) is 19.2 Å². The summed E-state index contributed by atoms with van der Waals surface area (Å²) in [6, 6.07) is -0.0429. The summed E-state index contributed by atoms with van der Waals surface area (Å²) in [5, 5.41) is 3.26. The fourth-order valence-corrected chi connectivity index (χ4v) is 2.41. The number of rotatable bonds is 6. The van der Waals surface area contributed by atoms with Gasteiger partial charge in [0.1, 0.15) is 0 Å². The highest BCUT2D eigenvalue weighted by Crippen LogP contribution is 2.31. The number of amides is 2. The molecule has 1 saturated carbocycles. The third-order valence-corrected chi connectivity index (χ3v) is 3.90. The second kappa shape index (κ2) is 5.17. The molecule has 2 rings (SSSR count). The maximum atomic E-state index is 12.0. The second-order valence-electron chi connectivity index (χ2n) is 5.18. The van der Waals surface area contributed by atoms with Crippen molar-refractivity contribution in [1.29, 1.82) is 0 Å². The van der Waals surface area contributed by atoms with E-state index >= 15 is 0 Å². The van der Waals surface area contributed by atoms with Crippen molar-refractivity contribution < 1.29 is 9.59 Å². The highest BCUT2D eigenvalue weighted by atomic mass is 16.2. The standard InChI is InChI=1S/C13H22N2O2/c1-3-9(4-2)8-14-11-7-12(16)15(13(11)17)10-5-6-10/h9-11,14H,3-8H2,1-2H3. The Kier molecular flexibility index (Phi) is 3.82. The number of nitrogens with one attached hydrogen (secondary N) is 1. The zero-order valence-corrected chi connectivity index (χ0v) is 10.7. The first-order chi connectivity index (χ1) is 8.17. The van der Waals surface area contributed by atoms with Crippen LogP contribution in [0.15, 0.2) is 0 Å². The summed E-state index contributed by atoms with van der Waals surface area (Å²) in [5.41, 5.74) is 0. The molecule has 1 saturated heterocycles. The molecule has 0 bridgehead atoms. The van der Waals surface area contributed by atoms with Crippen LogP contribution in [0.25, 0.3) is 0 Å². The summed E-state index contributed by atoms with van der Waals surface area (Å²) in [4.78, 5) is 25.2. The number of carbonyl (C=O) groups is 2. The summed E-state index contributed by atoms with van der Waals surface area (Å²) in [5.74, 6) is 0.621. The molecule has 1 unspecified atom stereocenters. The van der Waals surface area contributed by atoms with Gasteiger partial charge in [0.05, 0.1) is 12.5 Å². The first kappa shape index (κ1) is 12.6. The van der Waals surface area contributed by atoms with Crippen LogP contribution >= 0.6 is 0 Å². The summed E-state index contributed by atoms with van der Waals surface area (Å²) in [7, 11) is 0. The number of imide groups is 1. The number of carbonyl (C=O) groups excluding carboxylic acids is 2. The van der Waals surface area contributed by atoms with E-state index in [1.165, 1.54) is 4.90 Å². The largest absolute Gasteiger partial charge is 0.305 e. The molecule has 2 amide bonds. The van der Waals surface area contributed by atoms with Crippen LogP contribution in [0.3, 0.4) is 0 Å². The van der Waals surface area contributed by atoms with E-state index in [-0.39, 0.29) is 23.9 Å². The molecule has 0 radical (unpaired) electrons. The molecule has 0 aromatic carbocycles. The predicted octanol–water partition coefficient (Wildman–Crippen LogP) is 1.30. The lowest BCUT2D eigenvalue weighted by molar-refractivity contribution is -0.139. The lowest BCUT2D eigenvalue weighted by Gasteiger charge is -2.17. The van der Waals surface area contributed by atoms with Gasteiger partial charge in [-0.2, -0.15) is 0 Å². The van der Waals surface area contributed by atoms with Crippen LogP contribution in [0, 0.1) is 5.92 Å². The van der Waals surface area contributed by atoms with Crippen molar-refractivity contribution >= 4 is 11.8 Å². The lowest BCUT2D eigenvalue weighted by atomic mass is 10.0. The minimum Gasteiger partial charge on any atom is -0.305 e. The Hall–Kier alpha value is -0.900. The van der Waals surface area contributed by atoms with Crippen LogP contribution in [-0.4, -0.2) is 35.3 Å². The third kappa shape index (κ3) is 2.68. The van der Waals surface area contributed by atoms with Crippen LogP contribution in [-0.2, 0) is 9.59 Å². The molecule has 2 fully saturated rings. The monoisotopic (exact) mass is 238 g/mol. The van der Waals surface area contributed by atoms with Gasteiger partial charge < -0.3 is 5.32 Å². The van der Waals surface area contributed by atoms with Crippen LogP contribution in [0.2, 0.25) is 0 Å². The number of hydrogen-bond donors (Lipinski definition) is 1. The average Bonchev–Trinajstić information content (AvgIpc) is 3.09. The Balaban J connectivity index is 1.86. The highest BCUT2D eigenvalue weighted by Gasteiger charge is 2.45. The molecule has 96 valence electrons. The van der Waals surface area contributed by atoms with Crippen LogP contribution in [0.4, 0.5) is 0 Å². The highest BCUT2D eigenvalue weighted by molar-refractivity contribution is 6.06. The van der Waals surface area contributed by atoms with Gasteiger partial charge in [-0.3, -0.25) is 14.5 Å². The van der Waals surface area contributed by atoms with E-state index in [1.807, 2.05) is 0 Å². The minimum absolute atomic E-state index is 0.00320. The molecular formula is C13H22N2O2. The molecule has 4 nitrogen and oxygen atoms in total. The van der Waals surface area contributed by atoms with E-state index in [1.54, 1.807) is 0 Å². The van der Waals surface area contributed by atoms with E-state index in [4.69, 9.17) is 0 Å². The van der Waals surface area contributed by atoms with E-state index < -0.39 is 0 Å². The Morgan fingerprint density at radius 1 is 1.29 bits per heavy atom. The maximum Gasteiger partial charge on any atom is 0.247 e. The van der Waals surface area contributed by atoms with Gasteiger partial charge in [-0.1, -0.05) is 26.7 Å². The normalized spacial score (nSPS) is 25.1. The topological polar surface area (TPSA) is 49.4 Å². The second-order valence-corrected chi connectivity index (χ2v) is 5.18. The van der Waals surface area contributed by atoms with Crippen LogP contribution in [0.1, 0.15) is 46.0 Å². The maximum absolute atomic E-state index is 12.0. The summed E-state index contributed by atoms with van der Waals surface area (Å²) >= 11 is 0. The lowest BCUT2D eigenvalue weighted by Crippen LogP contribution is -2.41. The molecule has 1 aliphatic heterocycles. The Bertz CT molecular complexity index is 309. The van der Waals surface area contributed by atoms with Crippen molar-refractivity contribution in [2.45, 2.75) is 58.0 Å². The Morgan fingerprint density at radius 2 is 1.94 bits per heavy atom. The molecule has 17 heavy (non-hydrogen) atoms. The van der Waals surface area contributed by atoms with Crippen LogP contribution in [0.5, 0.6) is 0 Å². The predicted molar refractivity (Wildman–Crippen MR) is 65.4 cm³/mol. The molecule has 1 aliphatic carbocycles. The average molecular weight is 238 g/mol. The van der Waals surface area contributed by atoms with Gasteiger partial charge in [-0.05, 0) is 25.3 Å². The third-order valence-electron chi connectivity index (χ3n) is 3.90. The van der Waals surface area contributed by atoms with Gasteiger partial charge >= 0.3 is 0 Å². The summed E-state index contributed by atoms with van der Waals surface area (Å²) < 4.78 is 0. The van der Waals surface area contributed by atoms with Crippen molar-refractivity contribution in [3.8, 4) is 0 Å². The van der Waals surface area contributed by atoms with Crippen molar-refractivity contribution in [3.05, 3.63) is 0 Å². The van der Waals surface area contributed by atoms with Crippen molar-refractivity contribution in [2.75, 3.05) is 6.54 Å². The van der Waals surface area contributed by atoms with Crippen molar-refractivity contribution in [3.63, 3.8) is 0 Å². The smallest absolute Gasteiger partial charge is 0.247 e. The fourth-order valence-electron chi connectivity index (χ4n) is 2.41. The van der Waals surface area contributed by atoms with Gasteiger partial charge in [-0.25, -0.2) is 0 Å². The fraction of sp³-hybridized carbons (Fsp3) is 0.846. The number of hydrogen-bond acceptors (Lipinski definition) is 3. The quantitative estimate of drug-likeness (QED) is 0.710. The zero-order chi connectivity index (χ0) is 12.4. The molecule has 0 spiro atoms. The zero-order valence-electron chi connectivity index (χ0n) is 10.7. The Morgan fingerprint density at radius 3 is 2.47 bits per heavy atom. The van der Waals surface area contributed by atoms with E-state index in [0.29, 0.717) is 12.3 Å². The van der Waals surface area contributed by atoms with Gasteiger partial charge in [0.25, 0.3) is 0 Å². The van der Waals surface area contributed by atoms with Gasteiger partial charge in [0.15, 0.2) is 0 Å². The molecule has 1 N–H and O–H groups in total. The molecule has 2 aliphatic rings. The number of nitrogens with zero attached hydrogens (tertiary/aromatic N) is 1. The van der Waals surface area contributed by atoms with Crippen LogP contribution < -0.4 is 5.32 Å². The molecule has 0 aromatic rings. The molecule has 1 heterocycles. The first-order valence-electron chi connectivity index (χ1n) is 6.76. The molecule has 4 heteroatoms. The molecule has 0 aromatic heterocycles.